The number of aryl methyl sites for hydroxylation is 1. The molecule has 1 amide bonds. The zero-order chi connectivity index (χ0) is 25.1. The number of pyridine rings is 1. The Kier molecular flexibility index (Phi) is 6.84. The van der Waals surface area contributed by atoms with Gasteiger partial charge in [-0.15, -0.1) is 0 Å². The second-order valence-electron chi connectivity index (χ2n) is 10.0. The summed E-state index contributed by atoms with van der Waals surface area (Å²) in [5, 5.41) is 10.7. The maximum Gasteiger partial charge on any atom is 0.227 e. The van der Waals surface area contributed by atoms with Crippen LogP contribution >= 0.6 is 0 Å². The van der Waals surface area contributed by atoms with Crippen LogP contribution in [0.15, 0.2) is 42.9 Å². The average Bonchev–Trinajstić information content (AvgIpc) is 3.55. The van der Waals surface area contributed by atoms with E-state index in [0.29, 0.717) is 18.5 Å². The van der Waals surface area contributed by atoms with Gasteiger partial charge < -0.3 is 15.5 Å². The fourth-order valence-corrected chi connectivity index (χ4v) is 4.64. The van der Waals surface area contributed by atoms with Crippen LogP contribution in [0.4, 0.5) is 11.8 Å². The highest BCUT2D eigenvalue weighted by atomic mass is 16.2. The van der Waals surface area contributed by atoms with Crippen LogP contribution < -0.4 is 26.4 Å². The van der Waals surface area contributed by atoms with E-state index >= 15 is 0 Å². The first kappa shape index (κ1) is 24.1. The van der Waals surface area contributed by atoms with Gasteiger partial charge in [0.25, 0.3) is 0 Å². The first-order valence-electron chi connectivity index (χ1n) is 12.5. The van der Waals surface area contributed by atoms with Gasteiger partial charge in [-0.2, -0.15) is 10.1 Å². The molecular weight excluding hydrogens is 456 g/mol. The Morgan fingerprint density at radius 3 is 2.72 bits per heavy atom. The van der Waals surface area contributed by atoms with Gasteiger partial charge in [0.2, 0.25) is 11.9 Å². The van der Waals surface area contributed by atoms with Crippen LogP contribution in [0.3, 0.4) is 0 Å². The number of piperidine rings is 1. The van der Waals surface area contributed by atoms with Gasteiger partial charge in [-0.3, -0.25) is 10.2 Å². The molecule has 4 N–H and O–H groups in total. The number of carbonyl (C=O) groups excluding carboxylic acids is 1. The number of hydrazine groups is 1. The van der Waals surface area contributed by atoms with Crippen LogP contribution in [0.2, 0.25) is 0 Å². The predicted molar refractivity (Wildman–Crippen MR) is 137 cm³/mol. The second kappa shape index (κ2) is 10.2. The molecule has 2 aliphatic heterocycles. The molecule has 0 saturated carbocycles. The number of amides is 1. The molecule has 2 aliphatic rings. The van der Waals surface area contributed by atoms with Gasteiger partial charge in [0.05, 0.1) is 6.17 Å². The van der Waals surface area contributed by atoms with Crippen LogP contribution in [0, 0.1) is 12.3 Å². The molecule has 2 saturated heterocycles. The largest absolute Gasteiger partial charge is 0.353 e. The normalized spacial score (nSPS) is 21.4. The van der Waals surface area contributed by atoms with E-state index < -0.39 is 5.41 Å². The molecule has 0 aromatic carbocycles. The van der Waals surface area contributed by atoms with Crippen LogP contribution in [-0.2, 0) is 11.3 Å². The lowest BCUT2D eigenvalue weighted by Gasteiger charge is -2.38. The van der Waals surface area contributed by atoms with Gasteiger partial charge in [-0.25, -0.2) is 20.1 Å². The Labute approximate surface area is 211 Å². The third kappa shape index (κ3) is 5.47. The van der Waals surface area contributed by atoms with E-state index in [-0.39, 0.29) is 12.1 Å². The van der Waals surface area contributed by atoms with Crippen LogP contribution in [-0.4, -0.2) is 55.9 Å². The lowest BCUT2D eigenvalue weighted by molar-refractivity contribution is -0.131. The number of carbonyl (C=O) groups is 1. The molecule has 5 heterocycles. The van der Waals surface area contributed by atoms with Crippen molar-refractivity contribution in [2.24, 2.45) is 5.41 Å². The monoisotopic (exact) mass is 490 g/mol. The SMILES string of the molecule is Cc1cc(NC2CC(C)NN2)nc(N2CCC(C)(C(=O)NCc3ccc(-n4cccn4)nc3)CC2)n1. The van der Waals surface area contributed by atoms with Crippen molar-refractivity contribution in [2.45, 2.75) is 58.8 Å². The summed E-state index contributed by atoms with van der Waals surface area (Å²) in [4.78, 5) is 29.1. The van der Waals surface area contributed by atoms with Crippen molar-refractivity contribution < 1.29 is 4.79 Å². The molecule has 36 heavy (non-hydrogen) atoms. The molecule has 0 radical (unpaired) electrons. The van der Waals surface area contributed by atoms with Gasteiger partial charge in [0.1, 0.15) is 5.82 Å². The molecule has 2 unspecified atom stereocenters. The summed E-state index contributed by atoms with van der Waals surface area (Å²) in [5.74, 6) is 2.34. The molecule has 2 fully saturated rings. The fraction of sp³-hybridized carbons (Fsp3) is 0.480. The Hall–Kier alpha value is -3.57. The highest BCUT2D eigenvalue weighted by Crippen LogP contribution is 2.33. The zero-order valence-corrected chi connectivity index (χ0v) is 21.0. The summed E-state index contributed by atoms with van der Waals surface area (Å²) >= 11 is 0. The lowest BCUT2D eigenvalue weighted by Crippen LogP contribution is -2.47. The second-order valence-corrected chi connectivity index (χ2v) is 10.0. The molecule has 3 aromatic rings. The van der Waals surface area contributed by atoms with Crippen molar-refractivity contribution in [3.8, 4) is 5.82 Å². The Bertz CT molecular complexity index is 1170. The van der Waals surface area contributed by atoms with Crippen molar-refractivity contribution in [1.29, 1.82) is 0 Å². The number of nitrogens with one attached hydrogen (secondary N) is 4. The standard InChI is InChI=1S/C25H34N10O/c1-17-13-20(30-21-14-18(2)32-33-21)31-24(29-17)34-11-7-25(3,8-12-34)23(36)27-16-19-5-6-22(26-15-19)35-10-4-9-28-35/h4-6,9-10,13,15,18,21,32-33H,7-8,11-12,14,16H2,1-3H3,(H,27,36)(H,29,30,31). The number of nitrogens with zero attached hydrogens (tertiary/aromatic N) is 6. The third-order valence-corrected chi connectivity index (χ3v) is 6.96. The summed E-state index contributed by atoms with van der Waals surface area (Å²) in [6, 6.07) is 8.10. The molecule has 0 aliphatic carbocycles. The van der Waals surface area contributed by atoms with Crippen molar-refractivity contribution in [3.05, 3.63) is 54.1 Å². The van der Waals surface area contributed by atoms with Crippen LogP contribution in [0.5, 0.6) is 0 Å². The number of hydrogen-bond acceptors (Lipinski definition) is 9. The van der Waals surface area contributed by atoms with Crippen LogP contribution in [0.1, 0.15) is 44.4 Å². The van der Waals surface area contributed by atoms with Gasteiger partial charge in [-0.1, -0.05) is 13.0 Å². The van der Waals surface area contributed by atoms with Gasteiger partial charge in [0, 0.05) is 61.4 Å². The van der Waals surface area contributed by atoms with Crippen molar-refractivity contribution >= 4 is 17.7 Å². The molecule has 0 spiro atoms. The minimum atomic E-state index is -0.431. The van der Waals surface area contributed by atoms with E-state index in [1.807, 2.05) is 44.3 Å². The minimum absolute atomic E-state index is 0.0692. The smallest absolute Gasteiger partial charge is 0.227 e. The fourth-order valence-electron chi connectivity index (χ4n) is 4.64. The lowest BCUT2D eigenvalue weighted by atomic mass is 9.79. The predicted octanol–water partition coefficient (Wildman–Crippen LogP) is 1.91. The number of aromatic nitrogens is 5. The van der Waals surface area contributed by atoms with Crippen molar-refractivity contribution in [2.75, 3.05) is 23.3 Å². The first-order chi connectivity index (χ1) is 17.4. The molecule has 11 heteroatoms. The minimum Gasteiger partial charge on any atom is -0.353 e. The summed E-state index contributed by atoms with van der Waals surface area (Å²) in [6.45, 7) is 8.07. The van der Waals surface area contributed by atoms with Crippen molar-refractivity contribution in [1.82, 2.24) is 40.9 Å². The van der Waals surface area contributed by atoms with Crippen molar-refractivity contribution in [3.63, 3.8) is 0 Å². The Morgan fingerprint density at radius 1 is 1.22 bits per heavy atom. The molecule has 11 nitrogen and oxygen atoms in total. The highest BCUT2D eigenvalue weighted by Gasteiger charge is 2.37. The maximum absolute atomic E-state index is 13.1. The summed E-state index contributed by atoms with van der Waals surface area (Å²) in [7, 11) is 0. The number of anilines is 2. The van der Waals surface area contributed by atoms with E-state index in [0.717, 1.165) is 55.2 Å². The zero-order valence-electron chi connectivity index (χ0n) is 21.0. The van der Waals surface area contributed by atoms with E-state index in [9.17, 15) is 4.79 Å². The van der Waals surface area contributed by atoms with E-state index in [4.69, 9.17) is 4.98 Å². The summed E-state index contributed by atoms with van der Waals surface area (Å²) < 4.78 is 1.71. The quantitative estimate of drug-likeness (QED) is 0.393. The third-order valence-electron chi connectivity index (χ3n) is 6.96. The molecule has 190 valence electrons. The van der Waals surface area contributed by atoms with Gasteiger partial charge >= 0.3 is 0 Å². The number of rotatable bonds is 7. The van der Waals surface area contributed by atoms with E-state index in [1.165, 1.54) is 0 Å². The van der Waals surface area contributed by atoms with E-state index in [1.54, 1.807) is 17.1 Å². The molecule has 5 rings (SSSR count). The molecule has 3 aromatic heterocycles. The molecule has 2 atom stereocenters. The summed E-state index contributed by atoms with van der Waals surface area (Å²) in [6.07, 6.45) is 7.92. The van der Waals surface area contributed by atoms with E-state index in [2.05, 4.69) is 48.4 Å². The topological polar surface area (TPSA) is 125 Å². The first-order valence-corrected chi connectivity index (χ1v) is 12.5. The number of hydrogen-bond donors (Lipinski definition) is 4. The van der Waals surface area contributed by atoms with Crippen LogP contribution in [0.25, 0.3) is 5.82 Å². The highest BCUT2D eigenvalue weighted by molar-refractivity contribution is 5.82. The maximum atomic E-state index is 13.1. The Balaban J connectivity index is 1.15. The molecule has 0 bridgehead atoms. The van der Waals surface area contributed by atoms with Gasteiger partial charge in [-0.05, 0) is 50.8 Å². The van der Waals surface area contributed by atoms with Gasteiger partial charge in [0.15, 0.2) is 5.82 Å². The molecular formula is C25H34N10O. The Morgan fingerprint density at radius 2 is 2.06 bits per heavy atom. The average molecular weight is 491 g/mol. The summed E-state index contributed by atoms with van der Waals surface area (Å²) in [5.41, 5.74) is 7.90.